The molecule has 0 bridgehead atoms. The van der Waals surface area contributed by atoms with E-state index in [9.17, 15) is 0 Å². The van der Waals surface area contributed by atoms with Crippen molar-refractivity contribution >= 4 is 0 Å². The topological polar surface area (TPSA) is 40.5 Å². The van der Waals surface area contributed by atoms with Gasteiger partial charge in [-0.05, 0) is 38.0 Å². The van der Waals surface area contributed by atoms with Crippen LogP contribution in [-0.4, -0.2) is 10.2 Å². The van der Waals surface area contributed by atoms with Crippen LogP contribution in [0.25, 0.3) is 0 Å². The van der Waals surface area contributed by atoms with Gasteiger partial charge in [-0.1, -0.05) is 45.3 Å². The van der Waals surface area contributed by atoms with Crippen LogP contribution in [0.4, 0.5) is 0 Å². The molecule has 1 atom stereocenters. The van der Waals surface area contributed by atoms with Gasteiger partial charge in [-0.3, -0.25) is 5.56 Å². The van der Waals surface area contributed by atoms with E-state index in [4.69, 9.17) is 10.2 Å². The van der Waals surface area contributed by atoms with E-state index in [0.717, 1.165) is 30.2 Å². The Morgan fingerprint density at radius 2 is 1.74 bits per heavy atom. The van der Waals surface area contributed by atoms with Crippen LogP contribution in [0, 0.1) is 24.0 Å². The Hall–Kier alpha value is 0.768. The Bertz CT molecular complexity index is 450. The Balaban J connectivity index is 0. The van der Waals surface area contributed by atoms with Gasteiger partial charge >= 0.3 is 0 Å². The molecule has 2 nitrogen and oxygen atoms in total. The minimum atomic E-state index is -0.0234. The van der Waals surface area contributed by atoms with Crippen molar-refractivity contribution in [2.45, 2.75) is 59.8 Å². The molecule has 0 aliphatic heterocycles. The van der Waals surface area contributed by atoms with Crippen molar-refractivity contribution in [3.8, 4) is 11.5 Å². The van der Waals surface area contributed by atoms with E-state index in [0.29, 0.717) is 0 Å². The van der Waals surface area contributed by atoms with Crippen LogP contribution in [0.15, 0.2) is 17.7 Å². The van der Waals surface area contributed by atoms with Gasteiger partial charge in [0.15, 0.2) is 0 Å². The van der Waals surface area contributed by atoms with Gasteiger partial charge in [0.1, 0.15) is 0 Å². The first-order valence-electron chi connectivity index (χ1n) is 7.94. The van der Waals surface area contributed by atoms with Gasteiger partial charge in [-0.15, -0.1) is 11.5 Å². The van der Waals surface area contributed by atoms with Crippen LogP contribution in [0.5, 0.6) is 11.5 Å². The van der Waals surface area contributed by atoms with Crippen molar-refractivity contribution in [3.05, 3.63) is 35.4 Å². The van der Waals surface area contributed by atoms with E-state index in [1.807, 2.05) is 6.92 Å². The van der Waals surface area contributed by atoms with Crippen molar-refractivity contribution in [1.29, 1.82) is 0 Å². The fourth-order valence-corrected chi connectivity index (χ4v) is 2.51. The molecule has 124 valence electrons. The zero-order chi connectivity index (χ0) is 15.8. The fourth-order valence-electron chi connectivity index (χ4n) is 2.51. The number of aryl methyl sites for hydroxylation is 1. The zero-order valence-electron chi connectivity index (χ0n) is 14.9. The molecule has 0 heterocycles. The second kappa shape index (κ2) is 14.0. The predicted octanol–water partition coefficient (Wildman–Crippen LogP) is 5.03. The van der Waals surface area contributed by atoms with Gasteiger partial charge in [0, 0.05) is 65.4 Å². The Kier molecular flexibility index (Phi) is 15.8. The third-order valence-electron chi connectivity index (χ3n) is 3.95. The third-order valence-corrected chi connectivity index (χ3v) is 3.95. The van der Waals surface area contributed by atoms with Crippen LogP contribution in [0.1, 0.15) is 58.9 Å². The summed E-state index contributed by atoms with van der Waals surface area (Å²) in [7, 11) is 0. The molecule has 0 amide bonds. The van der Waals surface area contributed by atoms with Crippen LogP contribution in [0.2, 0.25) is 0 Å². The summed E-state index contributed by atoms with van der Waals surface area (Å²) in [5.41, 5.74) is 2.32. The molecule has 1 unspecified atom stereocenters. The summed E-state index contributed by atoms with van der Waals surface area (Å²) < 4.78 is 0. The monoisotopic (exact) mass is 466 g/mol. The second-order valence-electron chi connectivity index (χ2n) is 6.22. The van der Waals surface area contributed by atoms with Crippen LogP contribution in [0.3, 0.4) is 0 Å². The van der Waals surface area contributed by atoms with E-state index >= 15 is 0 Å². The van der Waals surface area contributed by atoms with E-state index < -0.39 is 0 Å². The zero-order valence-corrected chi connectivity index (χ0v) is 20.6. The maximum absolute atomic E-state index is 8.98. The number of phenols is 2. The van der Waals surface area contributed by atoms with Gasteiger partial charge in [0.25, 0.3) is 0 Å². The first-order chi connectivity index (χ1) is 9.92. The third kappa shape index (κ3) is 11.1. The van der Waals surface area contributed by atoms with E-state index in [-0.39, 0.29) is 76.9 Å². The number of rotatable bonds is 3. The summed E-state index contributed by atoms with van der Waals surface area (Å²) in [5, 5.41) is 18.0. The molecule has 0 aromatic heterocycles. The maximum Gasteiger partial charge on any atom is 0 e. The van der Waals surface area contributed by atoms with Crippen molar-refractivity contribution in [3.63, 3.8) is 0 Å². The molecular formula is C19H28O2Y2-2. The first kappa shape index (κ1) is 26.0. The van der Waals surface area contributed by atoms with Gasteiger partial charge in [0.2, 0.25) is 0 Å². The van der Waals surface area contributed by atoms with Crippen molar-refractivity contribution in [1.82, 2.24) is 0 Å². The van der Waals surface area contributed by atoms with Gasteiger partial charge in [-0.25, -0.2) is 6.07 Å². The predicted molar refractivity (Wildman–Crippen MR) is 87.4 cm³/mol. The molecule has 0 spiro atoms. The van der Waals surface area contributed by atoms with Gasteiger partial charge < -0.3 is 22.3 Å². The molecule has 4 heteroatoms. The second-order valence-corrected chi connectivity index (χ2v) is 6.22. The Morgan fingerprint density at radius 3 is 2.13 bits per heavy atom. The number of hydrogen-bond acceptors (Lipinski definition) is 2. The quantitative estimate of drug-likeness (QED) is 0.485. The molecule has 1 aliphatic rings. The Labute approximate surface area is 192 Å². The molecule has 0 saturated carbocycles. The molecule has 2 rings (SSSR count). The minimum Gasteiger partial charge on any atom is -0.557 e. The largest absolute Gasteiger partial charge is 0.557 e. The number of phenolic OH excluding ortho intramolecular Hbond substituents is 2. The molecule has 2 radical (unpaired) electrons. The molecule has 0 fully saturated rings. The first-order valence-corrected chi connectivity index (χ1v) is 7.94. The summed E-state index contributed by atoms with van der Waals surface area (Å²) in [6.45, 7) is 8.93. The van der Waals surface area contributed by atoms with Crippen molar-refractivity contribution in [2.75, 3.05) is 0 Å². The molecule has 2 N–H and O–H groups in total. The average molecular weight is 466 g/mol. The molecular weight excluding hydrogens is 438 g/mol. The molecule has 1 aliphatic carbocycles. The number of aromatic hydroxyl groups is 2. The van der Waals surface area contributed by atoms with Gasteiger partial charge in [-0.2, -0.15) is 0 Å². The summed E-state index contributed by atoms with van der Waals surface area (Å²) >= 11 is 0. The van der Waals surface area contributed by atoms with Gasteiger partial charge in [0.05, 0.1) is 0 Å². The normalized spacial score (nSPS) is 16.4. The molecule has 1 aromatic carbocycles. The fraction of sp³-hybridized carbons (Fsp3) is 0.579. The Morgan fingerprint density at radius 1 is 1.17 bits per heavy atom. The average Bonchev–Trinajstić information content (AvgIpc) is 2.39. The smallest absolute Gasteiger partial charge is 0 e. The number of hydrogen-bond donors (Lipinski definition) is 2. The standard InChI is InChI=1S/C10H18.C9H10O2.2Y/c1-8(2)10-6-4-9(3)5-7-10;1-2-3-7-4-8(10)6-9(11)5-7;;/h4,8,10H,5-7H2,1-3H3;6,10-11H,2-3H2,1H3;;/q;-2;;. The number of benzene rings is 1. The van der Waals surface area contributed by atoms with E-state index in [1.165, 1.54) is 25.3 Å². The molecule has 23 heavy (non-hydrogen) atoms. The van der Waals surface area contributed by atoms with Crippen LogP contribution in [-0.2, 0) is 71.8 Å². The minimum absolute atomic E-state index is 0. The van der Waals surface area contributed by atoms with E-state index in [2.05, 4.69) is 39.0 Å². The summed E-state index contributed by atoms with van der Waals surface area (Å²) in [6.07, 6.45) is 8.22. The van der Waals surface area contributed by atoms with Crippen molar-refractivity contribution < 1.29 is 75.6 Å². The summed E-state index contributed by atoms with van der Waals surface area (Å²) in [4.78, 5) is 0. The van der Waals surface area contributed by atoms with Crippen LogP contribution < -0.4 is 0 Å². The van der Waals surface area contributed by atoms with E-state index in [1.54, 1.807) is 5.57 Å². The SMILES string of the molecule is CC1=CCC(C(C)C)CC1.CCCc1[c-]c(O)cc(O)[c-]1.[Y].[Y]. The van der Waals surface area contributed by atoms with Crippen molar-refractivity contribution in [2.24, 2.45) is 11.8 Å². The molecule has 1 aromatic rings. The number of allylic oxidation sites excluding steroid dienone is 2. The summed E-state index contributed by atoms with van der Waals surface area (Å²) in [5.74, 6) is 1.79. The molecule has 0 saturated heterocycles. The summed E-state index contributed by atoms with van der Waals surface area (Å²) in [6, 6.07) is 6.60. The van der Waals surface area contributed by atoms with Crippen LogP contribution >= 0.6 is 0 Å². The maximum atomic E-state index is 8.98.